The van der Waals surface area contributed by atoms with Crippen molar-refractivity contribution in [2.75, 3.05) is 23.3 Å². The van der Waals surface area contributed by atoms with Gasteiger partial charge in [0.1, 0.15) is 11.5 Å². The van der Waals surface area contributed by atoms with E-state index in [-0.39, 0.29) is 5.91 Å². The Hall–Kier alpha value is -3.45. The highest BCUT2D eigenvalue weighted by atomic mass is 35.5. The fourth-order valence-electron chi connectivity index (χ4n) is 3.22. The first kappa shape index (κ1) is 17.6. The molecule has 0 bridgehead atoms. The van der Waals surface area contributed by atoms with E-state index in [4.69, 9.17) is 11.6 Å². The summed E-state index contributed by atoms with van der Waals surface area (Å²) in [6.07, 6.45) is 2.73. The van der Waals surface area contributed by atoms with Gasteiger partial charge in [0.25, 0.3) is 5.91 Å². The average Bonchev–Trinajstić information content (AvgIpc) is 3.09. The highest BCUT2D eigenvalue weighted by Gasteiger charge is 2.18. The van der Waals surface area contributed by atoms with Crippen molar-refractivity contribution in [1.29, 1.82) is 0 Å². The standard InChI is InChI=1S/C21H17ClN6O/c22-15-6-2-1-5-14(15)16-9-10-18-23-13-20(28(18)26-16)25-21(29)17-7-3-8-19(24-17)27-11-4-12-27/h1-3,5-10,13H,4,11-12H2,(H,25,29). The van der Waals surface area contributed by atoms with E-state index < -0.39 is 0 Å². The van der Waals surface area contributed by atoms with Gasteiger partial charge in [0, 0.05) is 18.7 Å². The summed E-state index contributed by atoms with van der Waals surface area (Å²) >= 11 is 6.30. The molecule has 144 valence electrons. The van der Waals surface area contributed by atoms with E-state index >= 15 is 0 Å². The summed E-state index contributed by atoms with van der Waals surface area (Å²) in [5.41, 5.74) is 2.48. The lowest BCUT2D eigenvalue weighted by atomic mass is 10.1. The smallest absolute Gasteiger partial charge is 0.275 e. The summed E-state index contributed by atoms with van der Waals surface area (Å²) in [7, 11) is 0. The van der Waals surface area contributed by atoms with Crippen LogP contribution >= 0.6 is 11.6 Å². The number of amides is 1. The molecular weight excluding hydrogens is 388 g/mol. The van der Waals surface area contributed by atoms with Crippen LogP contribution in [-0.2, 0) is 0 Å². The molecule has 29 heavy (non-hydrogen) atoms. The van der Waals surface area contributed by atoms with Gasteiger partial charge in [-0.15, -0.1) is 0 Å². The van der Waals surface area contributed by atoms with Gasteiger partial charge in [0.05, 0.1) is 16.9 Å². The monoisotopic (exact) mass is 404 g/mol. The molecule has 5 rings (SSSR count). The summed E-state index contributed by atoms with van der Waals surface area (Å²) in [6, 6.07) is 16.6. The molecule has 1 saturated heterocycles. The number of imidazole rings is 1. The maximum atomic E-state index is 12.8. The molecule has 4 heterocycles. The molecule has 0 saturated carbocycles. The zero-order valence-corrected chi connectivity index (χ0v) is 16.2. The van der Waals surface area contributed by atoms with Gasteiger partial charge in [-0.05, 0) is 36.8 Å². The fraction of sp³-hybridized carbons (Fsp3) is 0.143. The molecule has 1 aliphatic rings. The largest absolute Gasteiger partial charge is 0.356 e. The summed E-state index contributed by atoms with van der Waals surface area (Å²) < 4.78 is 1.59. The topological polar surface area (TPSA) is 75.4 Å². The van der Waals surface area contributed by atoms with Crippen LogP contribution < -0.4 is 10.2 Å². The maximum absolute atomic E-state index is 12.8. The number of hydrogen-bond acceptors (Lipinski definition) is 5. The summed E-state index contributed by atoms with van der Waals surface area (Å²) in [6.45, 7) is 1.94. The van der Waals surface area contributed by atoms with Crippen LogP contribution in [0.3, 0.4) is 0 Å². The molecule has 0 spiro atoms. The first-order chi connectivity index (χ1) is 14.2. The van der Waals surface area contributed by atoms with Gasteiger partial charge in [-0.25, -0.2) is 9.97 Å². The van der Waals surface area contributed by atoms with Gasteiger partial charge < -0.3 is 10.2 Å². The van der Waals surface area contributed by atoms with Crippen LogP contribution in [0, 0.1) is 0 Å². The number of pyridine rings is 1. The molecular formula is C21H17ClN6O. The highest BCUT2D eigenvalue weighted by molar-refractivity contribution is 6.33. The number of carbonyl (C=O) groups is 1. The van der Waals surface area contributed by atoms with Crippen molar-refractivity contribution in [1.82, 2.24) is 19.6 Å². The molecule has 7 nitrogen and oxygen atoms in total. The minimum atomic E-state index is -0.306. The van der Waals surface area contributed by atoms with Crippen molar-refractivity contribution in [2.45, 2.75) is 6.42 Å². The van der Waals surface area contributed by atoms with Gasteiger partial charge in [0.15, 0.2) is 11.5 Å². The lowest BCUT2D eigenvalue weighted by molar-refractivity contribution is 0.102. The van der Waals surface area contributed by atoms with E-state index in [9.17, 15) is 4.79 Å². The molecule has 1 N–H and O–H groups in total. The predicted molar refractivity (Wildman–Crippen MR) is 112 cm³/mol. The molecule has 1 amide bonds. The number of hydrogen-bond donors (Lipinski definition) is 1. The molecule has 0 atom stereocenters. The van der Waals surface area contributed by atoms with E-state index in [0.29, 0.717) is 27.9 Å². The second-order valence-electron chi connectivity index (χ2n) is 6.79. The van der Waals surface area contributed by atoms with Gasteiger partial charge in [-0.1, -0.05) is 35.9 Å². The lowest BCUT2D eigenvalue weighted by Crippen LogP contribution is -2.37. The molecule has 0 radical (unpaired) electrons. The van der Waals surface area contributed by atoms with Gasteiger partial charge in [-0.2, -0.15) is 9.61 Å². The number of nitrogens with one attached hydrogen (secondary N) is 1. The van der Waals surface area contributed by atoms with Crippen molar-refractivity contribution < 1.29 is 4.79 Å². The number of halogens is 1. The lowest BCUT2D eigenvalue weighted by Gasteiger charge is -2.32. The number of fused-ring (bicyclic) bond motifs is 1. The third-order valence-electron chi connectivity index (χ3n) is 4.90. The van der Waals surface area contributed by atoms with E-state index in [0.717, 1.165) is 30.9 Å². The Balaban J connectivity index is 1.45. The molecule has 4 aromatic rings. The normalized spacial score (nSPS) is 13.3. The number of nitrogens with zero attached hydrogens (tertiary/aromatic N) is 5. The van der Waals surface area contributed by atoms with Crippen LogP contribution in [0.25, 0.3) is 16.9 Å². The van der Waals surface area contributed by atoms with E-state index in [1.165, 1.54) is 0 Å². The van der Waals surface area contributed by atoms with Crippen molar-refractivity contribution in [3.05, 3.63) is 71.5 Å². The number of carbonyl (C=O) groups excluding carboxylic acids is 1. The van der Waals surface area contributed by atoms with E-state index in [1.807, 2.05) is 48.5 Å². The molecule has 8 heteroatoms. The van der Waals surface area contributed by atoms with E-state index in [2.05, 4.69) is 25.3 Å². The SMILES string of the molecule is O=C(Nc1cnc2ccc(-c3ccccc3Cl)nn12)c1cccc(N2CCC2)n1. The fourth-order valence-corrected chi connectivity index (χ4v) is 3.46. The average molecular weight is 405 g/mol. The van der Waals surface area contributed by atoms with Gasteiger partial charge in [-0.3, -0.25) is 4.79 Å². The second-order valence-corrected chi connectivity index (χ2v) is 7.19. The van der Waals surface area contributed by atoms with Gasteiger partial charge in [0.2, 0.25) is 0 Å². The van der Waals surface area contributed by atoms with Crippen LogP contribution in [0.15, 0.2) is 60.8 Å². The second kappa shape index (κ2) is 7.18. The highest BCUT2D eigenvalue weighted by Crippen LogP contribution is 2.26. The first-order valence-corrected chi connectivity index (χ1v) is 9.70. The van der Waals surface area contributed by atoms with Crippen LogP contribution in [0.4, 0.5) is 11.6 Å². The zero-order valence-electron chi connectivity index (χ0n) is 15.4. The Labute approximate surface area is 172 Å². The minimum absolute atomic E-state index is 0.306. The Morgan fingerprint density at radius 3 is 2.69 bits per heavy atom. The van der Waals surface area contributed by atoms with Crippen molar-refractivity contribution in [3.8, 4) is 11.3 Å². The van der Waals surface area contributed by atoms with Gasteiger partial charge >= 0.3 is 0 Å². The summed E-state index contributed by atoms with van der Waals surface area (Å²) in [5.74, 6) is 0.982. The third kappa shape index (κ3) is 3.30. The first-order valence-electron chi connectivity index (χ1n) is 9.32. The molecule has 1 aliphatic heterocycles. The summed E-state index contributed by atoms with van der Waals surface area (Å²) in [5, 5.41) is 8.08. The maximum Gasteiger partial charge on any atom is 0.275 e. The molecule has 1 fully saturated rings. The Morgan fingerprint density at radius 2 is 1.90 bits per heavy atom. The predicted octanol–water partition coefficient (Wildman–Crippen LogP) is 3.91. The van der Waals surface area contributed by atoms with Crippen molar-refractivity contribution in [3.63, 3.8) is 0 Å². The summed E-state index contributed by atoms with van der Waals surface area (Å²) in [4.78, 5) is 23.7. The molecule has 3 aromatic heterocycles. The number of benzene rings is 1. The Morgan fingerprint density at radius 1 is 1.03 bits per heavy atom. The van der Waals surface area contributed by atoms with Crippen LogP contribution in [-0.4, -0.2) is 38.6 Å². The van der Waals surface area contributed by atoms with Crippen molar-refractivity contribution >= 4 is 34.8 Å². The van der Waals surface area contributed by atoms with Crippen LogP contribution in [0.5, 0.6) is 0 Å². The van der Waals surface area contributed by atoms with E-state index in [1.54, 1.807) is 16.8 Å². The quantitative estimate of drug-likeness (QED) is 0.558. The molecule has 0 aliphatic carbocycles. The van der Waals surface area contributed by atoms with Crippen molar-refractivity contribution in [2.24, 2.45) is 0 Å². The molecule has 0 unspecified atom stereocenters. The van der Waals surface area contributed by atoms with Crippen LogP contribution in [0.1, 0.15) is 16.9 Å². The third-order valence-corrected chi connectivity index (χ3v) is 5.23. The number of rotatable bonds is 4. The Bertz CT molecular complexity index is 1220. The zero-order chi connectivity index (χ0) is 19.8. The number of anilines is 2. The molecule has 1 aromatic carbocycles. The minimum Gasteiger partial charge on any atom is -0.356 e. The Kier molecular flexibility index (Phi) is 4.37. The number of aromatic nitrogens is 4. The van der Waals surface area contributed by atoms with Crippen LogP contribution in [0.2, 0.25) is 5.02 Å².